The van der Waals surface area contributed by atoms with E-state index in [0.29, 0.717) is 18.2 Å². The van der Waals surface area contributed by atoms with E-state index in [0.717, 1.165) is 12.1 Å². The van der Waals surface area contributed by atoms with Gasteiger partial charge in [-0.15, -0.1) is 0 Å². The topological polar surface area (TPSA) is 38.5 Å². The molecule has 1 aromatic heterocycles. The van der Waals surface area contributed by atoms with Crippen molar-refractivity contribution in [1.29, 1.82) is 0 Å². The molecule has 1 aromatic carbocycles. The largest absolute Gasteiger partial charge is 0.462 e. The van der Waals surface area contributed by atoms with Crippen LogP contribution in [0, 0.1) is 11.8 Å². The number of ether oxygens (including phenoxy) is 1. The maximum Gasteiger partial charge on any atom is 0.255 e. The third kappa shape index (κ3) is 3.87. The van der Waals surface area contributed by atoms with Crippen LogP contribution < -0.4 is 4.74 Å². The summed E-state index contributed by atoms with van der Waals surface area (Å²) >= 11 is 0. The number of aromatic nitrogens is 1. The monoisotopic (exact) mass is 282 g/mol. The van der Waals surface area contributed by atoms with Gasteiger partial charge in [-0.25, -0.2) is 0 Å². The molecule has 3 rings (SSSR count). The van der Waals surface area contributed by atoms with Crippen LogP contribution in [-0.2, 0) is 0 Å². The van der Waals surface area contributed by atoms with E-state index < -0.39 is 0 Å². The van der Waals surface area contributed by atoms with Crippen LogP contribution in [0.25, 0.3) is 11.3 Å². The van der Waals surface area contributed by atoms with Crippen molar-refractivity contribution >= 4 is 0 Å². The first kappa shape index (κ1) is 13.7. The van der Waals surface area contributed by atoms with Gasteiger partial charge < -0.3 is 9.26 Å². The van der Waals surface area contributed by atoms with Gasteiger partial charge in [-0.3, -0.25) is 4.90 Å². The fourth-order valence-electron chi connectivity index (χ4n) is 2.33. The fourth-order valence-corrected chi connectivity index (χ4v) is 2.33. The van der Waals surface area contributed by atoms with Crippen molar-refractivity contribution < 1.29 is 9.26 Å². The van der Waals surface area contributed by atoms with Crippen LogP contribution in [0.5, 0.6) is 5.88 Å². The molecule has 1 aliphatic rings. The van der Waals surface area contributed by atoms with Gasteiger partial charge in [0.05, 0.1) is 6.54 Å². The van der Waals surface area contributed by atoms with E-state index >= 15 is 0 Å². The molecule has 0 atom stereocenters. The molecule has 2 heterocycles. The number of hydrogen-bond donors (Lipinski definition) is 0. The summed E-state index contributed by atoms with van der Waals surface area (Å²) in [6, 6.07) is 11.6. The lowest BCUT2D eigenvalue weighted by molar-refractivity contribution is 0.316. The highest BCUT2D eigenvalue weighted by Crippen LogP contribution is 2.22. The SMILES string of the molecule is C(#CCN1CCCC1)COc1cc(-c2ccccc2)on1. The van der Waals surface area contributed by atoms with Gasteiger partial charge in [0.2, 0.25) is 0 Å². The molecule has 0 amide bonds. The van der Waals surface area contributed by atoms with Gasteiger partial charge in [0.1, 0.15) is 0 Å². The Balaban J connectivity index is 1.48. The Morgan fingerprint density at radius 3 is 2.76 bits per heavy atom. The molecule has 4 heteroatoms. The molecule has 1 fully saturated rings. The molecule has 2 aromatic rings. The zero-order valence-corrected chi connectivity index (χ0v) is 11.9. The number of hydrogen-bond acceptors (Lipinski definition) is 4. The second kappa shape index (κ2) is 6.96. The minimum atomic E-state index is 0.342. The molecule has 1 aliphatic heterocycles. The summed E-state index contributed by atoms with van der Waals surface area (Å²) in [5, 5.41) is 3.89. The van der Waals surface area contributed by atoms with Crippen molar-refractivity contribution in [3.63, 3.8) is 0 Å². The highest BCUT2D eigenvalue weighted by Gasteiger charge is 2.09. The zero-order chi connectivity index (χ0) is 14.3. The van der Waals surface area contributed by atoms with E-state index in [2.05, 4.69) is 21.9 Å². The van der Waals surface area contributed by atoms with E-state index in [9.17, 15) is 0 Å². The third-order valence-corrected chi connectivity index (χ3v) is 3.47. The standard InChI is InChI=1S/C17H18N2O2/c1-2-8-15(9-3-1)16-14-17(18-21-16)20-13-7-6-12-19-10-4-5-11-19/h1-3,8-9,14H,4-5,10-13H2. The van der Waals surface area contributed by atoms with E-state index in [1.54, 1.807) is 6.07 Å². The zero-order valence-electron chi connectivity index (χ0n) is 11.9. The fraction of sp³-hybridized carbons (Fsp3) is 0.353. The van der Waals surface area contributed by atoms with Gasteiger partial charge in [0.25, 0.3) is 5.88 Å². The van der Waals surface area contributed by atoms with Gasteiger partial charge >= 0.3 is 0 Å². The summed E-state index contributed by atoms with van der Waals surface area (Å²) in [4.78, 5) is 2.36. The molecule has 0 spiro atoms. The molecule has 21 heavy (non-hydrogen) atoms. The van der Waals surface area contributed by atoms with Crippen molar-refractivity contribution in [3.05, 3.63) is 36.4 Å². The second-order valence-electron chi connectivity index (χ2n) is 5.02. The van der Waals surface area contributed by atoms with Crippen LogP contribution in [0.15, 0.2) is 40.9 Å². The number of likely N-dealkylation sites (tertiary alicyclic amines) is 1. The second-order valence-corrected chi connectivity index (χ2v) is 5.02. The Morgan fingerprint density at radius 1 is 1.14 bits per heavy atom. The van der Waals surface area contributed by atoms with Gasteiger partial charge in [-0.1, -0.05) is 42.2 Å². The highest BCUT2D eigenvalue weighted by atomic mass is 16.5. The number of rotatable bonds is 4. The Kier molecular flexibility index (Phi) is 4.55. The summed E-state index contributed by atoms with van der Waals surface area (Å²) in [6.07, 6.45) is 2.58. The minimum absolute atomic E-state index is 0.342. The molecule has 1 saturated heterocycles. The number of benzene rings is 1. The quantitative estimate of drug-likeness (QED) is 0.808. The molecular weight excluding hydrogens is 264 g/mol. The Labute approximate surface area is 124 Å². The van der Waals surface area contributed by atoms with E-state index in [1.165, 1.54) is 25.9 Å². The predicted octanol–water partition coefficient (Wildman–Crippen LogP) is 2.82. The summed E-state index contributed by atoms with van der Waals surface area (Å²) in [5.74, 6) is 7.32. The molecule has 4 nitrogen and oxygen atoms in total. The smallest absolute Gasteiger partial charge is 0.255 e. The lowest BCUT2D eigenvalue weighted by Crippen LogP contribution is -2.19. The van der Waals surface area contributed by atoms with Crippen molar-refractivity contribution in [1.82, 2.24) is 10.1 Å². The van der Waals surface area contributed by atoms with Crippen molar-refractivity contribution in [3.8, 4) is 29.0 Å². The van der Waals surface area contributed by atoms with Gasteiger partial charge in [0, 0.05) is 11.6 Å². The first-order valence-corrected chi connectivity index (χ1v) is 7.25. The Morgan fingerprint density at radius 2 is 1.95 bits per heavy atom. The van der Waals surface area contributed by atoms with Gasteiger partial charge in [-0.2, -0.15) is 0 Å². The summed E-state index contributed by atoms with van der Waals surface area (Å²) in [5.41, 5.74) is 0.986. The van der Waals surface area contributed by atoms with Crippen molar-refractivity contribution in [2.45, 2.75) is 12.8 Å². The van der Waals surface area contributed by atoms with Crippen LogP contribution in [0.4, 0.5) is 0 Å². The molecule has 108 valence electrons. The van der Waals surface area contributed by atoms with E-state index in [4.69, 9.17) is 9.26 Å². The van der Waals surface area contributed by atoms with Crippen LogP contribution in [0.2, 0.25) is 0 Å². The summed E-state index contributed by atoms with van der Waals surface area (Å²) < 4.78 is 10.7. The van der Waals surface area contributed by atoms with Crippen LogP contribution in [0.1, 0.15) is 12.8 Å². The molecule has 0 saturated carbocycles. The number of nitrogens with zero attached hydrogens (tertiary/aromatic N) is 2. The normalized spacial score (nSPS) is 14.7. The van der Waals surface area contributed by atoms with Crippen molar-refractivity contribution in [2.24, 2.45) is 0 Å². The molecule has 0 bridgehead atoms. The average molecular weight is 282 g/mol. The minimum Gasteiger partial charge on any atom is -0.462 e. The molecule has 0 radical (unpaired) electrons. The Bertz CT molecular complexity index is 619. The molecule has 0 N–H and O–H groups in total. The van der Waals surface area contributed by atoms with Crippen LogP contribution in [-0.4, -0.2) is 36.3 Å². The molecule has 0 aliphatic carbocycles. The lowest BCUT2D eigenvalue weighted by Gasteiger charge is -2.08. The van der Waals surface area contributed by atoms with E-state index in [1.807, 2.05) is 30.3 Å². The highest BCUT2D eigenvalue weighted by molar-refractivity contribution is 5.57. The van der Waals surface area contributed by atoms with E-state index in [-0.39, 0.29) is 0 Å². The van der Waals surface area contributed by atoms with Gasteiger partial charge in [0.15, 0.2) is 12.4 Å². The summed E-state index contributed by atoms with van der Waals surface area (Å²) in [6.45, 7) is 3.50. The van der Waals surface area contributed by atoms with Crippen LogP contribution in [0.3, 0.4) is 0 Å². The first-order chi connectivity index (χ1) is 10.4. The average Bonchev–Trinajstić information content (AvgIpc) is 3.19. The third-order valence-electron chi connectivity index (χ3n) is 3.47. The maximum atomic E-state index is 5.48. The molecular formula is C17H18N2O2. The van der Waals surface area contributed by atoms with Crippen LogP contribution >= 0.6 is 0 Å². The lowest BCUT2D eigenvalue weighted by atomic mass is 10.2. The van der Waals surface area contributed by atoms with Gasteiger partial charge in [-0.05, 0) is 31.1 Å². The summed E-state index contributed by atoms with van der Waals surface area (Å²) in [7, 11) is 0. The first-order valence-electron chi connectivity index (χ1n) is 7.25. The van der Waals surface area contributed by atoms with Crippen molar-refractivity contribution in [2.75, 3.05) is 26.2 Å². The predicted molar refractivity (Wildman–Crippen MR) is 80.9 cm³/mol. The Hall–Kier alpha value is -2.25. The molecule has 0 unspecified atom stereocenters. The maximum absolute atomic E-state index is 5.48.